The monoisotopic (exact) mass is 270 g/mol. The maximum atomic E-state index is 11.4. The number of carbonyl (C=O) groups excluding carboxylic acids is 1. The fourth-order valence-electron chi connectivity index (χ4n) is 1.21. The van der Waals surface area contributed by atoms with Crippen molar-refractivity contribution in [1.82, 2.24) is 4.98 Å². The summed E-state index contributed by atoms with van der Waals surface area (Å²) in [4.78, 5) is 15.5. The van der Waals surface area contributed by atoms with Gasteiger partial charge in [-0.3, -0.25) is 4.79 Å². The second-order valence-electron chi connectivity index (χ2n) is 3.36. The minimum absolute atomic E-state index is 0.0362. The van der Waals surface area contributed by atoms with Crippen molar-refractivity contribution in [2.45, 2.75) is 32.6 Å². The van der Waals surface area contributed by atoms with Crippen LogP contribution in [0.1, 0.15) is 32.6 Å². The Morgan fingerprint density at radius 3 is 3.00 bits per heavy atom. The normalized spacial score (nSPS) is 10.0. The highest BCUT2D eigenvalue weighted by Gasteiger charge is 2.02. The van der Waals surface area contributed by atoms with Crippen molar-refractivity contribution in [3.63, 3.8) is 0 Å². The van der Waals surface area contributed by atoms with Crippen molar-refractivity contribution in [3.8, 4) is 0 Å². The first-order valence-electron chi connectivity index (χ1n) is 5.13. The number of anilines is 1. The maximum absolute atomic E-state index is 11.4. The molecule has 0 bridgehead atoms. The molecule has 0 aliphatic heterocycles. The molecule has 82 valence electrons. The highest BCUT2D eigenvalue weighted by molar-refractivity contribution is 9.10. The Morgan fingerprint density at radius 1 is 1.53 bits per heavy atom. The molecular weight excluding hydrogens is 256 g/mol. The highest BCUT2D eigenvalue weighted by atomic mass is 79.9. The summed E-state index contributed by atoms with van der Waals surface area (Å²) in [7, 11) is 0. The number of pyridine rings is 1. The van der Waals surface area contributed by atoms with Crippen LogP contribution in [0.2, 0.25) is 0 Å². The quantitative estimate of drug-likeness (QED) is 0.834. The molecule has 0 aliphatic carbocycles. The number of aromatic nitrogens is 1. The van der Waals surface area contributed by atoms with E-state index in [9.17, 15) is 4.79 Å². The summed E-state index contributed by atoms with van der Waals surface area (Å²) in [6, 6.07) is 3.62. The number of hydrogen-bond donors (Lipinski definition) is 1. The van der Waals surface area contributed by atoms with Crippen molar-refractivity contribution < 1.29 is 4.79 Å². The largest absolute Gasteiger partial charge is 0.311 e. The van der Waals surface area contributed by atoms with Gasteiger partial charge in [0.05, 0.1) is 0 Å². The van der Waals surface area contributed by atoms with E-state index in [4.69, 9.17) is 0 Å². The van der Waals surface area contributed by atoms with Gasteiger partial charge in [-0.2, -0.15) is 0 Å². The Morgan fingerprint density at radius 2 is 2.33 bits per heavy atom. The van der Waals surface area contributed by atoms with Crippen LogP contribution in [0, 0.1) is 0 Å². The second kappa shape index (κ2) is 6.56. The van der Waals surface area contributed by atoms with E-state index < -0.39 is 0 Å². The lowest BCUT2D eigenvalue weighted by Crippen LogP contribution is -2.11. The molecule has 0 atom stereocenters. The lowest BCUT2D eigenvalue weighted by atomic mass is 10.2. The van der Waals surface area contributed by atoms with Gasteiger partial charge >= 0.3 is 0 Å². The van der Waals surface area contributed by atoms with Crippen LogP contribution in [-0.4, -0.2) is 10.9 Å². The summed E-state index contributed by atoms with van der Waals surface area (Å²) in [5, 5.41) is 2.76. The molecule has 0 spiro atoms. The lowest BCUT2D eigenvalue weighted by molar-refractivity contribution is -0.116. The predicted octanol–water partition coefficient (Wildman–Crippen LogP) is 3.36. The molecule has 3 nitrogen and oxygen atoms in total. The minimum Gasteiger partial charge on any atom is -0.311 e. The standard InChI is InChI=1S/C11H15BrN2O/c1-2-3-4-5-11(15)14-10-8-9(12)6-7-13-10/h6-8H,2-5H2,1H3,(H,13,14,15). The van der Waals surface area contributed by atoms with Crippen LogP contribution in [0.3, 0.4) is 0 Å². The van der Waals surface area contributed by atoms with Crippen molar-refractivity contribution in [3.05, 3.63) is 22.8 Å². The van der Waals surface area contributed by atoms with E-state index in [1.807, 2.05) is 6.07 Å². The van der Waals surface area contributed by atoms with Gasteiger partial charge in [0.2, 0.25) is 5.91 Å². The first kappa shape index (κ1) is 12.2. The van der Waals surface area contributed by atoms with Crippen LogP contribution in [-0.2, 0) is 4.79 Å². The number of unbranched alkanes of at least 4 members (excludes halogenated alkanes) is 2. The molecule has 1 heterocycles. The van der Waals surface area contributed by atoms with E-state index in [0.717, 1.165) is 23.7 Å². The molecule has 0 fully saturated rings. The molecular formula is C11H15BrN2O. The van der Waals surface area contributed by atoms with Gasteiger partial charge in [-0.15, -0.1) is 0 Å². The van der Waals surface area contributed by atoms with Gasteiger partial charge in [-0.05, 0) is 18.6 Å². The molecule has 1 N–H and O–H groups in total. The summed E-state index contributed by atoms with van der Waals surface area (Å²) in [6.45, 7) is 2.12. The summed E-state index contributed by atoms with van der Waals surface area (Å²) >= 11 is 3.32. The molecule has 1 aromatic heterocycles. The van der Waals surface area contributed by atoms with Crippen molar-refractivity contribution in [1.29, 1.82) is 0 Å². The number of nitrogens with one attached hydrogen (secondary N) is 1. The van der Waals surface area contributed by atoms with Crippen LogP contribution in [0.25, 0.3) is 0 Å². The Bertz CT molecular complexity index is 328. The SMILES string of the molecule is CCCCCC(=O)Nc1cc(Br)ccn1. The Kier molecular flexibility index (Phi) is 5.32. The van der Waals surface area contributed by atoms with Gasteiger partial charge < -0.3 is 5.32 Å². The van der Waals surface area contributed by atoms with Crippen molar-refractivity contribution >= 4 is 27.7 Å². The van der Waals surface area contributed by atoms with Gasteiger partial charge in [0, 0.05) is 17.1 Å². The van der Waals surface area contributed by atoms with Gasteiger partial charge in [-0.25, -0.2) is 4.98 Å². The predicted molar refractivity (Wildman–Crippen MR) is 64.7 cm³/mol. The molecule has 1 rings (SSSR count). The van der Waals surface area contributed by atoms with E-state index in [2.05, 4.69) is 33.2 Å². The molecule has 0 saturated carbocycles. The van der Waals surface area contributed by atoms with E-state index in [-0.39, 0.29) is 5.91 Å². The van der Waals surface area contributed by atoms with Crippen molar-refractivity contribution in [2.75, 3.05) is 5.32 Å². The Balaban J connectivity index is 2.37. The average Bonchev–Trinajstić information content (AvgIpc) is 2.18. The molecule has 1 amide bonds. The average molecular weight is 271 g/mol. The number of halogens is 1. The third-order valence-corrected chi connectivity index (χ3v) is 2.49. The van der Waals surface area contributed by atoms with Crippen LogP contribution in [0.5, 0.6) is 0 Å². The van der Waals surface area contributed by atoms with Crippen molar-refractivity contribution in [2.24, 2.45) is 0 Å². The topological polar surface area (TPSA) is 42.0 Å². The molecule has 0 aliphatic rings. The summed E-state index contributed by atoms with van der Waals surface area (Å²) in [5.74, 6) is 0.639. The Hall–Kier alpha value is -0.900. The summed E-state index contributed by atoms with van der Waals surface area (Å²) < 4.78 is 0.918. The van der Waals surface area contributed by atoms with E-state index in [1.165, 1.54) is 0 Å². The van der Waals surface area contributed by atoms with Crippen LogP contribution < -0.4 is 5.32 Å². The lowest BCUT2D eigenvalue weighted by Gasteiger charge is -2.03. The number of amides is 1. The fraction of sp³-hybridized carbons (Fsp3) is 0.455. The molecule has 0 unspecified atom stereocenters. The first-order chi connectivity index (χ1) is 7.22. The van der Waals surface area contributed by atoms with Crippen LogP contribution >= 0.6 is 15.9 Å². The third-order valence-electron chi connectivity index (χ3n) is 2.00. The summed E-state index contributed by atoms with van der Waals surface area (Å²) in [5.41, 5.74) is 0. The molecule has 0 saturated heterocycles. The zero-order chi connectivity index (χ0) is 11.1. The fourth-order valence-corrected chi connectivity index (χ4v) is 1.55. The van der Waals surface area contributed by atoms with Gasteiger partial charge in [-0.1, -0.05) is 35.7 Å². The molecule has 0 radical (unpaired) electrons. The Labute approximate surface area is 98.4 Å². The van der Waals surface area contributed by atoms with Gasteiger partial charge in [0.15, 0.2) is 0 Å². The molecule has 15 heavy (non-hydrogen) atoms. The van der Waals surface area contributed by atoms with Crippen LogP contribution in [0.15, 0.2) is 22.8 Å². The third kappa shape index (κ3) is 4.93. The summed E-state index contributed by atoms with van der Waals surface area (Å²) in [6.07, 6.45) is 5.39. The molecule has 4 heteroatoms. The minimum atomic E-state index is 0.0362. The zero-order valence-electron chi connectivity index (χ0n) is 8.79. The number of carbonyl (C=O) groups is 1. The zero-order valence-corrected chi connectivity index (χ0v) is 10.4. The van der Waals surface area contributed by atoms with E-state index in [1.54, 1.807) is 12.3 Å². The second-order valence-corrected chi connectivity index (χ2v) is 4.28. The smallest absolute Gasteiger partial charge is 0.225 e. The molecule has 0 aromatic carbocycles. The number of rotatable bonds is 5. The number of hydrogen-bond acceptors (Lipinski definition) is 2. The van der Waals surface area contributed by atoms with Crippen LogP contribution in [0.4, 0.5) is 5.82 Å². The maximum Gasteiger partial charge on any atom is 0.225 e. The highest BCUT2D eigenvalue weighted by Crippen LogP contribution is 2.13. The number of nitrogens with zero attached hydrogens (tertiary/aromatic N) is 1. The van der Waals surface area contributed by atoms with E-state index >= 15 is 0 Å². The van der Waals surface area contributed by atoms with Gasteiger partial charge in [0.25, 0.3) is 0 Å². The van der Waals surface area contributed by atoms with E-state index in [0.29, 0.717) is 12.2 Å². The molecule has 1 aromatic rings. The first-order valence-corrected chi connectivity index (χ1v) is 5.93. The van der Waals surface area contributed by atoms with Gasteiger partial charge in [0.1, 0.15) is 5.82 Å².